The second kappa shape index (κ2) is 9.72. The fraction of sp³-hybridized carbons (Fsp3) is 0.625. The molecule has 0 aromatic heterocycles. The molecule has 1 N–H and O–H groups in total. The van der Waals surface area contributed by atoms with Crippen LogP contribution in [0, 0.1) is 11.7 Å². The molecule has 1 aromatic rings. The van der Waals surface area contributed by atoms with E-state index in [-0.39, 0.29) is 5.82 Å². The molecular formula is C16H26FNO2. The molecule has 4 heteroatoms. The van der Waals surface area contributed by atoms with E-state index in [9.17, 15) is 4.39 Å². The highest BCUT2D eigenvalue weighted by atomic mass is 19.1. The van der Waals surface area contributed by atoms with Crippen molar-refractivity contribution in [1.29, 1.82) is 0 Å². The first kappa shape index (κ1) is 16.9. The lowest BCUT2D eigenvalue weighted by Gasteiger charge is -2.13. The van der Waals surface area contributed by atoms with Crippen molar-refractivity contribution in [2.24, 2.45) is 5.92 Å². The van der Waals surface area contributed by atoms with Gasteiger partial charge in [0.15, 0.2) is 0 Å². The Kier molecular flexibility index (Phi) is 8.23. The van der Waals surface area contributed by atoms with Crippen molar-refractivity contribution in [3.8, 4) is 5.75 Å². The molecular weight excluding hydrogens is 257 g/mol. The minimum absolute atomic E-state index is 0.235. The first-order valence-electron chi connectivity index (χ1n) is 7.33. The zero-order valence-electron chi connectivity index (χ0n) is 12.7. The van der Waals surface area contributed by atoms with Gasteiger partial charge in [0.25, 0.3) is 0 Å². The Morgan fingerprint density at radius 3 is 2.75 bits per heavy atom. The Balaban J connectivity index is 2.42. The van der Waals surface area contributed by atoms with Crippen LogP contribution in [-0.2, 0) is 11.3 Å². The van der Waals surface area contributed by atoms with Crippen LogP contribution >= 0.6 is 0 Å². The molecule has 20 heavy (non-hydrogen) atoms. The molecule has 0 saturated carbocycles. The molecule has 0 heterocycles. The first-order valence-corrected chi connectivity index (χ1v) is 7.33. The van der Waals surface area contributed by atoms with Crippen LogP contribution in [0.15, 0.2) is 18.2 Å². The van der Waals surface area contributed by atoms with Gasteiger partial charge in [0, 0.05) is 18.7 Å². The van der Waals surface area contributed by atoms with Crippen molar-refractivity contribution in [1.82, 2.24) is 5.32 Å². The summed E-state index contributed by atoms with van der Waals surface area (Å²) < 4.78 is 24.4. The Labute approximate surface area is 121 Å². The van der Waals surface area contributed by atoms with Crippen LogP contribution in [0.2, 0.25) is 0 Å². The van der Waals surface area contributed by atoms with Gasteiger partial charge in [-0.2, -0.15) is 0 Å². The third kappa shape index (κ3) is 6.87. The molecule has 0 spiro atoms. The monoisotopic (exact) mass is 283 g/mol. The van der Waals surface area contributed by atoms with Gasteiger partial charge in [0.1, 0.15) is 18.2 Å². The third-order valence-corrected chi connectivity index (χ3v) is 2.70. The van der Waals surface area contributed by atoms with Crippen LogP contribution in [-0.4, -0.2) is 26.4 Å². The summed E-state index contributed by atoms with van der Waals surface area (Å²) in [5.41, 5.74) is 0.849. The number of hydrogen-bond donors (Lipinski definition) is 1. The molecule has 1 aromatic carbocycles. The normalized spacial score (nSPS) is 11.1. The van der Waals surface area contributed by atoms with Crippen molar-refractivity contribution in [3.63, 3.8) is 0 Å². The van der Waals surface area contributed by atoms with Gasteiger partial charge in [0.2, 0.25) is 0 Å². The molecule has 0 unspecified atom stereocenters. The van der Waals surface area contributed by atoms with Crippen molar-refractivity contribution in [2.45, 2.75) is 33.7 Å². The number of nitrogens with one attached hydrogen (secondary N) is 1. The van der Waals surface area contributed by atoms with E-state index in [1.165, 1.54) is 12.1 Å². The van der Waals surface area contributed by atoms with E-state index >= 15 is 0 Å². The number of ether oxygens (including phenoxy) is 2. The summed E-state index contributed by atoms with van der Waals surface area (Å²) in [5, 5.41) is 3.26. The summed E-state index contributed by atoms with van der Waals surface area (Å²) in [6.07, 6.45) is 1.05. The van der Waals surface area contributed by atoms with E-state index in [0.717, 1.165) is 30.9 Å². The van der Waals surface area contributed by atoms with E-state index in [2.05, 4.69) is 26.1 Å². The first-order chi connectivity index (χ1) is 9.63. The maximum atomic E-state index is 13.3. The molecule has 0 aliphatic rings. The number of hydrogen-bond acceptors (Lipinski definition) is 3. The molecule has 0 saturated heterocycles. The average molecular weight is 283 g/mol. The standard InChI is InChI=1S/C16H26FNO2/c1-4-7-18-11-14-10-15(17)5-6-16(14)20-9-8-19-12-13(2)3/h5-6,10,13,18H,4,7-9,11-12H2,1-3H3. The van der Waals surface area contributed by atoms with Crippen LogP contribution in [0.4, 0.5) is 4.39 Å². The smallest absolute Gasteiger partial charge is 0.124 e. The predicted octanol–water partition coefficient (Wildman–Crippen LogP) is 3.38. The maximum Gasteiger partial charge on any atom is 0.124 e. The molecule has 0 atom stereocenters. The molecule has 0 radical (unpaired) electrons. The lowest BCUT2D eigenvalue weighted by Crippen LogP contribution is -2.16. The lowest BCUT2D eigenvalue weighted by atomic mass is 10.2. The Hall–Kier alpha value is -1.13. The fourth-order valence-electron chi connectivity index (χ4n) is 1.76. The van der Waals surface area contributed by atoms with Crippen molar-refractivity contribution < 1.29 is 13.9 Å². The van der Waals surface area contributed by atoms with Crippen LogP contribution in [0.25, 0.3) is 0 Å². The second-order valence-electron chi connectivity index (χ2n) is 5.25. The average Bonchev–Trinajstić information content (AvgIpc) is 2.40. The highest BCUT2D eigenvalue weighted by molar-refractivity contribution is 5.33. The minimum Gasteiger partial charge on any atom is -0.491 e. The summed E-state index contributed by atoms with van der Waals surface area (Å²) in [6, 6.07) is 4.63. The Morgan fingerprint density at radius 1 is 1.25 bits per heavy atom. The number of rotatable bonds is 10. The summed E-state index contributed by atoms with van der Waals surface area (Å²) in [6.45, 7) is 9.62. The zero-order chi connectivity index (χ0) is 14.8. The molecule has 0 fully saturated rings. The van der Waals surface area contributed by atoms with E-state index in [1.54, 1.807) is 6.07 Å². The highest BCUT2D eigenvalue weighted by Crippen LogP contribution is 2.19. The molecule has 114 valence electrons. The van der Waals surface area contributed by atoms with Crippen LogP contribution in [0.1, 0.15) is 32.8 Å². The largest absolute Gasteiger partial charge is 0.491 e. The Morgan fingerprint density at radius 2 is 2.05 bits per heavy atom. The van der Waals surface area contributed by atoms with Gasteiger partial charge in [-0.25, -0.2) is 4.39 Å². The van der Waals surface area contributed by atoms with Gasteiger partial charge in [-0.3, -0.25) is 0 Å². The summed E-state index contributed by atoms with van der Waals surface area (Å²) in [7, 11) is 0. The van der Waals surface area contributed by atoms with E-state index in [4.69, 9.17) is 9.47 Å². The lowest BCUT2D eigenvalue weighted by molar-refractivity contribution is 0.0816. The minimum atomic E-state index is -0.235. The van der Waals surface area contributed by atoms with Crippen molar-refractivity contribution in [3.05, 3.63) is 29.6 Å². The molecule has 0 bridgehead atoms. The molecule has 3 nitrogen and oxygen atoms in total. The second-order valence-corrected chi connectivity index (χ2v) is 5.25. The predicted molar refractivity (Wildman–Crippen MR) is 79.5 cm³/mol. The van der Waals surface area contributed by atoms with Gasteiger partial charge in [-0.15, -0.1) is 0 Å². The van der Waals surface area contributed by atoms with Gasteiger partial charge in [-0.1, -0.05) is 20.8 Å². The van der Waals surface area contributed by atoms with Gasteiger partial charge >= 0.3 is 0 Å². The molecule has 0 amide bonds. The van der Waals surface area contributed by atoms with Gasteiger partial charge in [-0.05, 0) is 37.1 Å². The topological polar surface area (TPSA) is 30.5 Å². The Bertz CT molecular complexity index is 383. The summed E-state index contributed by atoms with van der Waals surface area (Å²) >= 11 is 0. The van der Waals surface area contributed by atoms with E-state index in [1.807, 2.05) is 0 Å². The van der Waals surface area contributed by atoms with E-state index in [0.29, 0.717) is 25.7 Å². The van der Waals surface area contributed by atoms with Crippen LogP contribution in [0.5, 0.6) is 5.75 Å². The van der Waals surface area contributed by atoms with Crippen LogP contribution < -0.4 is 10.1 Å². The van der Waals surface area contributed by atoms with E-state index < -0.39 is 0 Å². The molecule has 0 aliphatic carbocycles. The molecule has 1 rings (SSSR count). The number of halogens is 1. The summed E-state index contributed by atoms with van der Waals surface area (Å²) in [4.78, 5) is 0. The zero-order valence-corrected chi connectivity index (χ0v) is 12.7. The van der Waals surface area contributed by atoms with Crippen molar-refractivity contribution >= 4 is 0 Å². The highest BCUT2D eigenvalue weighted by Gasteiger charge is 2.05. The molecule has 0 aliphatic heterocycles. The SMILES string of the molecule is CCCNCc1cc(F)ccc1OCCOCC(C)C. The maximum absolute atomic E-state index is 13.3. The fourth-order valence-corrected chi connectivity index (χ4v) is 1.76. The third-order valence-electron chi connectivity index (χ3n) is 2.70. The number of benzene rings is 1. The van der Waals surface area contributed by atoms with Crippen LogP contribution in [0.3, 0.4) is 0 Å². The van der Waals surface area contributed by atoms with Gasteiger partial charge in [0.05, 0.1) is 6.61 Å². The van der Waals surface area contributed by atoms with Crippen molar-refractivity contribution in [2.75, 3.05) is 26.4 Å². The quantitative estimate of drug-likeness (QED) is 0.668. The van der Waals surface area contributed by atoms with Gasteiger partial charge < -0.3 is 14.8 Å². The summed E-state index contributed by atoms with van der Waals surface area (Å²) in [5.74, 6) is 1.01.